The normalized spacial score (nSPS) is 11.2. The van der Waals surface area contributed by atoms with Gasteiger partial charge in [0.05, 0.1) is 17.6 Å². The van der Waals surface area contributed by atoms with E-state index in [0.29, 0.717) is 13.2 Å². The molecule has 120 valence electrons. The van der Waals surface area contributed by atoms with E-state index in [9.17, 15) is 4.79 Å². The summed E-state index contributed by atoms with van der Waals surface area (Å²) in [6.07, 6.45) is 0. The van der Waals surface area contributed by atoms with Crippen LogP contribution in [0.4, 0.5) is 0 Å². The molecule has 0 radical (unpaired) electrons. The maximum Gasteiger partial charge on any atom is 0.328 e. The molecule has 0 aliphatic carbocycles. The summed E-state index contributed by atoms with van der Waals surface area (Å²) in [6, 6.07) is 22.0. The maximum absolute atomic E-state index is 12.4. The zero-order valence-corrected chi connectivity index (χ0v) is 13.5. The standard InChI is InChI=1S/C20H18N2O2/c1-21-17-10-4-5-11-18(17)22(20(21)23)13-14-24-19-12-6-8-15-7-2-3-9-16(15)19/h2-12H,13-14H2,1H3. The lowest BCUT2D eigenvalue weighted by Crippen LogP contribution is -2.24. The van der Waals surface area contributed by atoms with Crippen LogP contribution < -0.4 is 10.4 Å². The van der Waals surface area contributed by atoms with E-state index in [1.165, 1.54) is 0 Å². The Morgan fingerprint density at radius 3 is 2.46 bits per heavy atom. The molecule has 0 saturated heterocycles. The van der Waals surface area contributed by atoms with Crippen molar-refractivity contribution in [3.8, 4) is 5.75 Å². The van der Waals surface area contributed by atoms with Crippen molar-refractivity contribution in [3.63, 3.8) is 0 Å². The van der Waals surface area contributed by atoms with Crippen LogP contribution in [-0.4, -0.2) is 15.7 Å². The van der Waals surface area contributed by atoms with Crippen LogP contribution in [0.1, 0.15) is 0 Å². The Hall–Kier alpha value is -3.01. The molecule has 0 aliphatic rings. The van der Waals surface area contributed by atoms with Gasteiger partial charge in [0, 0.05) is 12.4 Å². The number of fused-ring (bicyclic) bond motifs is 2. The second-order valence-corrected chi connectivity index (χ2v) is 5.81. The highest BCUT2D eigenvalue weighted by Crippen LogP contribution is 2.25. The van der Waals surface area contributed by atoms with Gasteiger partial charge in [-0.3, -0.25) is 9.13 Å². The predicted octanol–water partition coefficient (Wildman–Crippen LogP) is 3.57. The molecule has 24 heavy (non-hydrogen) atoms. The van der Waals surface area contributed by atoms with Crippen molar-refractivity contribution in [1.82, 2.24) is 9.13 Å². The molecule has 4 heteroatoms. The van der Waals surface area contributed by atoms with Crippen molar-refractivity contribution in [2.24, 2.45) is 7.05 Å². The Bertz CT molecular complexity index is 1070. The molecule has 0 N–H and O–H groups in total. The Labute approximate surface area is 139 Å². The first kappa shape index (κ1) is 14.6. The highest BCUT2D eigenvalue weighted by Gasteiger charge is 2.10. The van der Waals surface area contributed by atoms with Gasteiger partial charge in [0.2, 0.25) is 0 Å². The Balaban J connectivity index is 1.60. The molecule has 4 aromatic rings. The summed E-state index contributed by atoms with van der Waals surface area (Å²) in [7, 11) is 1.80. The lowest BCUT2D eigenvalue weighted by atomic mass is 10.1. The lowest BCUT2D eigenvalue weighted by molar-refractivity contribution is 0.301. The van der Waals surface area contributed by atoms with Gasteiger partial charge in [-0.25, -0.2) is 4.79 Å². The first-order valence-corrected chi connectivity index (χ1v) is 8.00. The molecular weight excluding hydrogens is 300 g/mol. The number of hydrogen-bond acceptors (Lipinski definition) is 2. The predicted molar refractivity (Wildman–Crippen MR) is 96.6 cm³/mol. The van der Waals surface area contributed by atoms with E-state index in [1.54, 1.807) is 16.2 Å². The molecule has 1 heterocycles. The van der Waals surface area contributed by atoms with Gasteiger partial charge in [0.25, 0.3) is 0 Å². The summed E-state index contributed by atoms with van der Waals surface area (Å²) in [5.74, 6) is 0.849. The maximum atomic E-state index is 12.4. The smallest absolute Gasteiger partial charge is 0.328 e. The van der Waals surface area contributed by atoms with E-state index < -0.39 is 0 Å². The number of hydrogen-bond donors (Lipinski definition) is 0. The second-order valence-electron chi connectivity index (χ2n) is 5.81. The Morgan fingerprint density at radius 2 is 1.58 bits per heavy atom. The summed E-state index contributed by atoms with van der Waals surface area (Å²) in [5.41, 5.74) is 1.86. The number of imidazole rings is 1. The minimum absolute atomic E-state index is 0.0160. The van der Waals surface area contributed by atoms with Crippen molar-refractivity contribution in [3.05, 3.63) is 77.2 Å². The van der Waals surface area contributed by atoms with Gasteiger partial charge in [0.15, 0.2) is 0 Å². The van der Waals surface area contributed by atoms with Crippen LogP contribution in [0.15, 0.2) is 71.5 Å². The summed E-state index contributed by atoms with van der Waals surface area (Å²) in [6.45, 7) is 0.964. The molecule has 0 aliphatic heterocycles. The van der Waals surface area contributed by atoms with E-state index >= 15 is 0 Å². The van der Waals surface area contributed by atoms with Crippen LogP contribution in [0.5, 0.6) is 5.75 Å². The lowest BCUT2D eigenvalue weighted by Gasteiger charge is -2.10. The van der Waals surface area contributed by atoms with Gasteiger partial charge in [-0.05, 0) is 23.6 Å². The molecule has 0 atom stereocenters. The molecular formula is C20H18N2O2. The molecule has 0 amide bonds. The molecule has 0 bridgehead atoms. The second kappa shape index (κ2) is 5.89. The fourth-order valence-electron chi connectivity index (χ4n) is 3.15. The Morgan fingerprint density at radius 1 is 0.875 bits per heavy atom. The number of para-hydroxylation sites is 2. The summed E-state index contributed by atoms with van der Waals surface area (Å²) >= 11 is 0. The largest absolute Gasteiger partial charge is 0.491 e. The van der Waals surface area contributed by atoms with E-state index in [-0.39, 0.29) is 5.69 Å². The average molecular weight is 318 g/mol. The van der Waals surface area contributed by atoms with Crippen LogP contribution in [0.2, 0.25) is 0 Å². The molecule has 0 unspecified atom stereocenters. The van der Waals surface area contributed by atoms with Crippen LogP contribution in [0, 0.1) is 0 Å². The number of benzene rings is 3. The molecule has 0 spiro atoms. The zero-order valence-electron chi connectivity index (χ0n) is 13.5. The molecule has 0 saturated carbocycles. The van der Waals surface area contributed by atoms with Gasteiger partial charge in [-0.2, -0.15) is 0 Å². The zero-order chi connectivity index (χ0) is 16.5. The molecule has 1 aromatic heterocycles. The third-order valence-corrected chi connectivity index (χ3v) is 4.37. The Kier molecular flexibility index (Phi) is 3.58. The highest BCUT2D eigenvalue weighted by molar-refractivity contribution is 5.88. The molecule has 0 fully saturated rings. The SMILES string of the molecule is Cn1c(=O)n(CCOc2cccc3ccccc23)c2ccccc21. The van der Waals surface area contributed by atoms with E-state index in [0.717, 1.165) is 27.6 Å². The van der Waals surface area contributed by atoms with E-state index in [2.05, 4.69) is 18.2 Å². The van der Waals surface area contributed by atoms with Crippen molar-refractivity contribution >= 4 is 21.8 Å². The number of aromatic nitrogens is 2. The van der Waals surface area contributed by atoms with Crippen molar-refractivity contribution < 1.29 is 4.74 Å². The third-order valence-electron chi connectivity index (χ3n) is 4.37. The van der Waals surface area contributed by atoms with Crippen LogP contribution in [0.25, 0.3) is 21.8 Å². The first-order chi connectivity index (χ1) is 11.8. The monoisotopic (exact) mass is 318 g/mol. The fourth-order valence-corrected chi connectivity index (χ4v) is 3.15. The minimum atomic E-state index is -0.0160. The highest BCUT2D eigenvalue weighted by atomic mass is 16.5. The van der Waals surface area contributed by atoms with Crippen molar-refractivity contribution in [2.45, 2.75) is 6.54 Å². The fraction of sp³-hybridized carbons (Fsp3) is 0.150. The van der Waals surface area contributed by atoms with Crippen molar-refractivity contribution in [1.29, 1.82) is 0 Å². The summed E-state index contributed by atoms with van der Waals surface area (Å²) in [4.78, 5) is 12.4. The van der Waals surface area contributed by atoms with E-state index in [4.69, 9.17) is 4.74 Å². The van der Waals surface area contributed by atoms with Gasteiger partial charge in [-0.15, -0.1) is 0 Å². The van der Waals surface area contributed by atoms with Crippen LogP contribution >= 0.6 is 0 Å². The quantitative estimate of drug-likeness (QED) is 0.577. The average Bonchev–Trinajstić information content (AvgIpc) is 2.87. The molecule has 3 aromatic carbocycles. The molecule has 4 nitrogen and oxygen atoms in total. The van der Waals surface area contributed by atoms with Crippen LogP contribution in [-0.2, 0) is 13.6 Å². The van der Waals surface area contributed by atoms with Gasteiger partial charge < -0.3 is 4.74 Å². The van der Waals surface area contributed by atoms with Crippen LogP contribution in [0.3, 0.4) is 0 Å². The van der Waals surface area contributed by atoms with Gasteiger partial charge in [-0.1, -0.05) is 48.5 Å². The summed E-state index contributed by atoms with van der Waals surface area (Å²) < 4.78 is 9.41. The molecule has 4 rings (SSSR count). The number of nitrogens with zero attached hydrogens (tertiary/aromatic N) is 2. The first-order valence-electron chi connectivity index (χ1n) is 8.00. The van der Waals surface area contributed by atoms with Crippen molar-refractivity contribution in [2.75, 3.05) is 6.61 Å². The third kappa shape index (κ3) is 2.36. The van der Waals surface area contributed by atoms with Gasteiger partial charge in [0.1, 0.15) is 12.4 Å². The summed E-state index contributed by atoms with van der Waals surface area (Å²) in [5, 5.41) is 2.24. The number of aryl methyl sites for hydroxylation is 1. The minimum Gasteiger partial charge on any atom is -0.491 e. The topological polar surface area (TPSA) is 36.2 Å². The van der Waals surface area contributed by atoms with E-state index in [1.807, 2.05) is 48.5 Å². The number of ether oxygens (including phenoxy) is 1. The number of rotatable bonds is 4. The van der Waals surface area contributed by atoms with Gasteiger partial charge >= 0.3 is 5.69 Å².